The summed E-state index contributed by atoms with van der Waals surface area (Å²) in [6, 6.07) is 7.98. The van der Waals surface area contributed by atoms with Gasteiger partial charge in [0.05, 0.1) is 12.8 Å². The molecule has 0 N–H and O–H groups in total. The highest BCUT2D eigenvalue weighted by Gasteiger charge is 2.36. The van der Waals surface area contributed by atoms with Gasteiger partial charge in [0.15, 0.2) is 5.82 Å². The number of carbonyl (C=O) groups is 1. The molecule has 0 atom stereocenters. The van der Waals surface area contributed by atoms with Crippen molar-refractivity contribution >= 4 is 11.6 Å². The fourth-order valence-corrected chi connectivity index (χ4v) is 3.98. The molecule has 0 unspecified atom stereocenters. The van der Waals surface area contributed by atoms with Crippen LogP contribution < -0.4 is 9.64 Å². The Morgan fingerprint density at radius 2 is 1.86 bits per heavy atom. The van der Waals surface area contributed by atoms with E-state index < -0.39 is 0 Å². The molecule has 3 rings (SSSR count). The molecular formula is C24H33N3O2. The lowest BCUT2D eigenvalue weighted by Crippen LogP contribution is -2.43. The van der Waals surface area contributed by atoms with Crippen LogP contribution in [0.25, 0.3) is 11.3 Å². The number of unbranched alkanes of at least 4 members (excludes halogenated alkanes) is 1. The Morgan fingerprint density at radius 1 is 1.17 bits per heavy atom. The summed E-state index contributed by atoms with van der Waals surface area (Å²) in [6.07, 6.45) is 7.44. The van der Waals surface area contributed by atoms with Gasteiger partial charge in [0.25, 0.3) is 0 Å². The topological polar surface area (TPSA) is 55.3 Å². The minimum Gasteiger partial charge on any atom is -0.497 e. The molecule has 29 heavy (non-hydrogen) atoms. The summed E-state index contributed by atoms with van der Waals surface area (Å²) in [7, 11) is 1.67. The number of hydrogen-bond donors (Lipinski definition) is 0. The quantitative estimate of drug-likeness (QED) is 0.624. The molecule has 1 fully saturated rings. The van der Waals surface area contributed by atoms with Crippen LogP contribution in [0.3, 0.4) is 0 Å². The van der Waals surface area contributed by atoms with E-state index in [-0.39, 0.29) is 5.41 Å². The van der Waals surface area contributed by atoms with Gasteiger partial charge in [-0.15, -0.1) is 0 Å². The maximum absolute atomic E-state index is 12.4. The van der Waals surface area contributed by atoms with Crippen molar-refractivity contribution in [2.45, 2.75) is 59.3 Å². The smallest absolute Gasteiger partial charge is 0.155 e. The van der Waals surface area contributed by atoms with E-state index in [1.807, 2.05) is 37.4 Å². The third kappa shape index (κ3) is 4.77. The van der Waals surface area contributed by atoms with Crippen LogP contribution in [0.4, 0.5) is 5.82 Å². The minimum absolute atomic E-state index is 0.210. The lowest BCUT2D eigenvalue weighted by atomic mass is 9.76. The number of Topliss-reactive ketones (excluding diaryl/α,β-unsaturated/α-hetero) is 1. The largest absolute Gasteiger partial charge is 0.497 e. The molecule has 1 saturated heterocycles. The molecule has 0 radical (unpaired) electrons. The molecule has 0 saturated carbocycles. The van der Waals surface area contributed by atoms with E-state index in [9.17, 15) is 4.79 Å². The maximum atomic E-state index is 12.4. The Hall–Kier alpha value is -2.43. The summed E-state index contributed by atoms with van der Waals surface area (Å²) < 4.78 is 5.29. The van der Waals surface area contributed by atoms with E-state index in [0.717, 1.165) is 73.7 Å². The number of methoxy groups -OCH3 is 1. The predicted octanol–water partition coefficient (Wildman–Crippen LogP) is 5.08. The molecule has 2 heterocycles. The Bertz CT molecular complexity index is 825. The van der Waals surface area contributed by atoms with Crippen LogP contribution in [0.15, 0.2) is 30.5 Å². The van der Waals surface area contributed by atoms with Crippen molar-refractivity contribution in [2.75, 3.05) is 25.1 Å². The van der Waals surface area contributed by atoms with Crippen molar-refractivity contribution in [1.29, 1.82) is 0 Å². The first-order valence-corrected chi connectivity index (χ1v) is 10.8. The average molecular weight is 396 g/mol. The van der Waals surface area contributed by atoms with E-state index in [1.165, 1.54) is 0 Å². The molecule has 5 nitrogen and oxygen atoms in total. The molecule has 1 aromatic carbocycles. The number of aryl methyl sites for hydroxylation is 1. The van der Waals surface area contributed by atoms with Crippen molar-refractivity contribution in [1.82, 2.24) is 9.97 Å². The molecule has 5 heteroatoms. The summed E-state index contributed by atoms with van der Waals surface area (Å²) in [5.74, 6) is 2.14. The second kappa shape index (κ2) is 9.38. The second-order valence-corrected chi connectivity index (χ2v) is 8.19. The predicted molar refractivity (Wildman–Crippen MR) is 117 cm³/mol. The molecule has 156 valence electrons. The third-order valence-electron chi connectivity index (χ3n) is 6.11. The fourth-order valence-electron chi connectivity index (χ4n) is 3.98. The van der Waals surface area contributed by atoms with Crippen LogP contribution in [0.5, 0.6) is 5.75 Å². The number of aromatic nitrogens is 2. The SMILES string of the molecule is CCCCc1cnc(-c2ccc(OC)cc2)c(N2CCC(C)(C(=O)CC)CC2)n1. The molecule has 0 spiro atoms. The first kappa shape index (κ1) is 21.3. The number of ketones is 1. The molecular weight excluding hydrogens is 362 g/mol. The van der Waals surface area contributed by atoms with Crippen molar-refractivity contribution in [3.8, 4) is 17.0 Å². The number of benzene rings is 1. The summed E-state index contributed by atoms with van der Waals surface area (Å²) in [4.78, 5) is 24.5. The Balaban J connectivity index is 1.91. The van der Waals surface area contributed by atoms with Crippen LogP contribution in [0, 0.1) is 5.41 Å². The Kier molecular flexibility index (Phi) is 6.88. The number of hydrogen-bond acceptors (Lipinski definition) is 5. The molecule has 1 aromatic heterocycles. The van der Waals surface area contributed by atoms with E-state index in [4.69, 9.17) is 14.7 Å². The normalized spacial score (nSPS) is 15.9. The van der Waals surface area contributed by atoms with Crippen LogP contribution in [0.1, 0.15) is 58.6 Å². The van der Waals surface area contributed by atoms with Crippen molar-refractivity contribution < 1.29 is 9.53 Å². The molecule has 0 amide bonds. The standard InChI is InChI=1S/C24H33N3O2/c1-5-7-8-19-17-25-22(18-9-11-20(29-4)12-10-18)23(26-19)27-15-13-24(3,14-16-27)21(28)6-2/h9-12,17H,5-8,13-16H2,1-4H3. The van der Waals surface area contributed by atoms with Gasteiger partial charge in [-0.3, -0.25) is 9.78 Å². The van der Waals surface area contributed by atoms with Gasteiger partial charge in [-0.25, -0.2) is 4.98 Å². The van der Waals surface area contributed by atoms with Crippen LogP contribution >= 0.6 is 0 Å². The lowest BCUT2D eigenvalue weighted by Gasteiger charge is -2.39. The summed E-state index contributed by atoms with van der Waals surface area (Å²) in [6.45, 7) is 7.93. The van der Waals surface area contributed by atoms with Gasteiger partial charge in [0.2, 0.25) is 0 Å². The zero-order valence-corrected chi connectivity index (χ0v) is 18.2. The summed E-state index contributed by atoms with van der Waals surface area (Å²) in [5, 5.41) is 0. The van der Waals surface area contributed by atoms with Crippen LogP contribution in [-0.2, 0) is 11.2 Å². The maximum Gasteiger partial charge on any atom is 0.155 e. The molecule has 0 aliphatic carbocycles. The van der Waals surface area contributed by atoms with Gasteiger partial charge < -0.3 is 9.64 Å². The minimum atomic E-state index is -0.210. The lowest BCUT2D eigenvalue weighted by molar-refractivity contribution is -0.128. The van der Waals surface area contributed by atoms with Crippen molar-refractivity contribution in [3.63, 3.8) is 0 Å². The Morgan fingerprint density at radius 3 is 2.45 bits per heavy atom. The zero-order valence-electron chi connectivity index (χ0n) is 18.2. The van der Waals surface area contributed by atoms with E-state index in [1.54, 1.807) is 7.11 Å². The summed E-state index contributed by atoms with van der Waals surface area (Å²) in [5.41, 5.74) is 2.77. The third-order valence-corrected chi connectivity index (χ3v) is 6.11. The van der Waals surface area contributed by atoms with Gasteiger partial charge in [-0.1, -0.05) is 27.2 Å². The van der Waals surface area contributed by atoms with Crippen LogP contribution in [-0.4, -0.2) is 36.0 Å². The van der Waals surface area contributed by atoms with Gasteiger partial charge in [0.1, 0.15) is 17.2 Å². The molecule has 1 aliphatic rings. The first-order valence-electron chi connectivity index (χ1n) is 10.8. The number of piperidine rings is 1. The fraction of sp³-hybridized carbons (Fsp3) is 0.542. The second-order valence-electron chi connectivity index (χ2n) is 8.19. The van der Waals surface area contributed by atoms with Gasteiger partial charge in [0, 0.05) is 36.7 Å². The zero-order chi connectivity index (χ0) is 20.9. The monoisotopic (exact) mass is 395 g/mol. The molecule has 0 bridgehead atoms. The highest BCUT2D eigenvalue weighted by molar-refractivity contribution is 5.84. The van der Waals surface area contributed by atoms with Crippen LogP contribution in [0.2, 0.25) is 0 Å². The average Bonchev–Trinajstić information content (AvgIpc) is 2.77. The number of anilines is 1. The molecule has 1 aliphatic heterocycles. The van der Waals surface area contributed by atoms with Gasteiger partial charge in [-0.05, 0) is 49.9 Å². The summed E-state index contributed by atoms with van der Waals surface area (Å²) >= 11 is 0. The van der Waals surface area contributed by atoms with Crippen molar-refractivity contribution in [3.05, 3.63) is 36.2 Å². The molecule has 2 aromatic rings. The van der Waals surface area contributed by atoms with Crippen molar-refractivity contribution in [2.24, 2.45) is 5.41 Å². The highest BCUT2D eigenvalue weighted by atomic mass is 16.5. The highest BCUT2D eigenvalue weighted by Crippen LogP contribution is 2.37. The van der Waals surface area contributed by atoms with E-state index in [2.05, 4.69) is 18.7 Å². The van der Waals surface area contributed by atoms with E-state index >= 15 is 0 Å². The number of ether oxygens (including phenoxy) is 1. The van der Waals surface area contributed by atoms with Gasteiger partial charge in [-0.2, -0.15) is 0 Å². The van der Waals surface area contributed by atoms with E-state index in [0.29, 0.717) is 12.2 Å². The number of rotatable bonds is 8. The number of nitrogens with zero attached hydrogens (tertiary/aromatic N) is 3. The number of carbonyl (C=O) groups excluding carboxylic acids is 1. The Labute approximate surface area is 174 Å². The first-order chi connectivity index (χ1) is 14.0. The van der Waals surface area contributed by atoms with Gasteiger partial charge >= 0.3 is 0 Å².